The third kappa shape index (κ3) is 1.80. The van der Waals surface area contributed by atoms with E-state index in [1.54, 1.807) is 0 Å². The molecule has 0 aromatic rings. The second-order valence-corrected chi connectivity index (χ2v) is 4.79. The van der Waals surface area contributed by atoms with Crippen LogP contribution in [0.1, 0.15) is 44.9 Å². The number of rotatable bonds is 3. The van der Waals surface area contributed by atoms with Gasteiger partial charge in [0, 0.05) is 0 Å². The van der Waals surface area contributed by atoms with E-state index in [2.05, 4.69) is 6.58 Å². The smallest absolute Gasteiger partial charge is 0.0683 e. The summed E-state index contributed by atoms with van der Waals surface area (Å²) >= 11 is 0. The molecule has 2 fully saturated rings. The summed E-state index contributed by atoms with van der Waals surface area (Å²) in [4.78, 5) is 0. The van der Waals surface area contributed by atoms with Crippen molar-refractivity contribution in [2.45, 2.75) is 50.5 Å². The van der Waals surface area contributed by atoms with Gasteiger partial charge in [-0.05, 0) is 37.5 Å². The van der Waals surface area contributed by atoms with Crippen LogP contribution in [0.4, 0.5) is 0 Å². The van der Waals surface area contributed by atoms with Gasteiger partial charge in [0.25, 0.3) is 0 Å². The molecule has 3 atom stereocenters. The lowest BCUT2D eigenvalue weighted by atomic mass is 9.93. The maximum atomic E-state index is 10.1. The molecule has 13 heavy (non-hydrogen) atoms. The van der Waals surface area contributed by atoms with Crippen molar-refractivity contribution in [2.24, 2.45) is 11.8 Å². The summed E-state index contributed by atoms with van der Waals surface area (Å²) in [5.41, 5.74) is -0.234. The Labute approximate surface area is 80.8 Å². The Morgan fingerprint density at radius 2 is 2.31 bits per heavy atom. The van der Waals surface area contributed by atoms with E-state index in [-0.39, 0.29) is 5.60 Å². The van der Waals surface area contributed by atoms with Gasteiger partial charge < -0.3 is 5.11 Å². The number of aliphatic hydroxyl groups is 1. The third-order valence-electron chi connectivity index (χ3n) is 3.85. The highest BCUT2D eigenvalue weighted by molar-refractivity contribution is 5.07. The van der Waals surface area contributed by atoms with Gasteiger partial charge in [0.05, 0.1) is 5.60 Å². The predicted octanol–water partition coefficient (Wildman–Crippen LogP) is 2.89. The molecule has 1 N–H and O–H groups in total. The van der Waals surface area contributed by atoms with Crippen molar-refractivity contribution in [3.05, 3.63) is 12.7 Å². The Morgan fingerprint density at radius 1 is 1.46 bits per heavy atom. The first-order chi connectivity index (χ1) is 6.26. The fourth-order valence-electron chi connectivity index (χ4n) is 2.93. The van der Waals surface area contributed by atoms with Gasteiger partial charge >= 0.3 is 0 Å². The number of allylic oxidation sites excluding steroid dienone is 1. The normalized spacial score (nSPS) is 43.5. The topological polar surface area (TPSA) is 20.2 Å². The van der Waals surface area contributed by atoms with Crippen molar-refractivity contribution in [2.75, 3.05) is 0 Å². The quantitative estimate of drug-likeness (QED) is 0.662. The Balaban J connectivity index is 1.91. The van der Waals surface area contributed by atoms with Gasteiger partial charge in [-0.1, -0.05) is 25.3 Å². The van der Waals surface area contributed by atoms with Crippen LogP contribution in [-0.4, -0.2) is 10.7 Å². The average Bonchev–Trinajstić information content (AvgIpc) is 2.77. The summed E-state index contributed by atoms with van der Waals surface area (Å²) in [6.45, 7) is 3.76. The van der Waals surface area contributed by atoms with Crippen molar-refractivity contribution >= 4 is 0 Å². The lowest BCUT2D eigenvalue weighted by Crippen LogP contribution is -2.13. The largest absolute Gasteiger partial charge is 0.390 e. The van der Waals surface area contributed by atoms with Gasteiger partial charge in [-0.25, -0.2) is 0 Å². The molecule has 0 aliphatic heterocycles. The van der Waals surface area contributed by atoms with Crippen LogP contribution in [0.2, 0.25) is 0 Å². The fourth-order valence-corrected chi connectivity index (χ4v) is 2.93. The first-order valence-electron chi connectivity index (χ1n) is 5.59. The maximum absolute atomic E-state index is 10.1. The highest BCUT2D eigenvalue weighted by Gasteiger charge is 2.56. The first kappa shape index (κ1) is 9.26. The van der Waals surface area contributed by atoms with Gasteiger partial charge in [0.2, 0.25) is 0 Å². The molecular weight excluding hydrogens is 160 g/mol. The highest BCUT2D eigenvalue weighted by atomic mass is 16.3. The lowest BCUT2D eigenvalue weighted by molar-refractivity contribution is 0.113. The standard InChI is InChI=1S/C12H20O/c1-2-3-6-10-7-4-5-8-12(13)9-11(10)12/h2,10-11,13H,1,3-9H2. The predicted molar refractivity (Wildman–Crippen MR) is 54.4 cm³/mol. The van der Waals surface area contributed by atoms with E-state index in [1.807, 2.05) is 6.08 Å². The van der Waals surface area contributed by atoms with Crippen LogP contribution in [0.3, 0.4) is 0 Å². The third-order valence-corrected chi connectivity index (χ3v) is 3.85. The lowest BCUT2D eigenvalue weighted by Gasteiger charge is -2.14. The van der Waals surface area contributed by atoms with Crippen molar-refractivity contribution in [1.29, 1.82) is 0 Å². The molecule has 3 unspecified atom stereocenters. The summed E-state index contributed by atoms with van der Waals surface area (Å²) in [7, 11) is 0. The molecule has 1 nitrogen and oxygen atoms in total. The van der Waals surface area contributed by atoms with Crippen molar-refractivity contribution in [3.63, 3.8) is 0 Å². The van der Waals surface area contributed by atoms with Crippen LogP contribution in [0.5, 0.6) is 0 Å². The Morgan fingerprint density at radius 3 is 3.08 bits per heavy atom. The van der Waals surface area contributed by atoms with Crippen LogP contribution in [0.25, 0.3) is 0 Å². The van der Waals surface area contributed by atoms with E-state index in [1.165, 1.54) is 25.7 Å². The van der Waals surface area contributed by atoms with Gasteiger partial charge in [-0.3, -0.25) is 0 Å². The Hall–Kier alpha value is -0.300. The second kappa shape index (κ2) is 3.45. The zero-order valence-electron chi connectivity index (χ0n) is 8.34. The Bertz CT molecular complexity index is 199. The fraction of sp³-hybridized carbons (Fsp3) is 0.833. The van der Waals surface area contributed by atoms with Crippen LogP contribution in [-0.2, 0) is 0 Å². The molecule has 2 rings (SSSR count). The average molecular weight is 180 g/mol. The number of hydrogen-bond donors (Lipinski definition) is 1. The van der Waals surface area contributed by atoms with E-state index >= 15 is 0 Å². The molecule has 0 radical (unpaired) electrons. The zero-order chi connectivity index (χ0) is 9.31. The summed E-state index contributed by atoms with van der Waals surface area (Å²) in [5, 5.41) is 10.1. The molecule has 2 saturated carbocycles. The number of hydrogen-bond acceptors (Lipinski definition) is 1. The molecule has 0 spiro atoms. The zero-order valence-corrected chi connectivity index (χ0v) is 8.34. The first-order valence-corrected chi connectivity index (χ1v) is 5.59. The van der Waals surface area contributed by atoms with E-state index in [0.717, 1.165) is 25.2 Å². The van der Waals surface area contributed by atoms with E-state index < -0.39 is 0 Å². The summed E-state index contributed by atoms with van der Waals surface area (Å²) < 4.78 is 0. The van der Waals surface area contributed by atoms with Gasteiger partial charge in [0.15, 0.2) is 0 Å². The van der Waals surface area contributed by atoms with Gasteiger partial charge in [-0.2, -0.15) is 0 Å². The minimum atomic E-state index is -0.234. The van der Waals surface area contributed by atoms with Crippen LogP contribution in [0.15, 0.2) is 12.7 Å². The number of fused-ring (bicyclic) bond motifs is 1. The molecule has 0 saturated heterocycles. The molecule has 1 heteroatoms. The molecule has 74 valence electrons. The molecular formula is C12H20O. The summed E-state index contributed by atoms with van der Waals surface area (Å²) in [6, 6.07) is 0. The van der Waals surface area contributed by atoms with Crippen LogP contribution >= 0.6 is 0 Å². The molecule has 0 aromatic carbocycles. The van der Waals surface area contributed by atoms with E-state index in [0.29, 0.717) is 5.92 Å². The minimum absolute atomic E-state index is 0.234. The monoisotopic (exact) mass is 180 g/mol. The molecule has 0 heterocycles. The SMILES string of the molecule is C=CCCC1CCCCC2(O)CC12. The van der Waals surface area contributed by atoms with Crippen molar-refractivity contribution in [1.82, 2.24) is 0 Å². The van der Waals surface area contributed by atoms with Crippen molar-refractivity contribution < 1.29 is 5.11 Å². The summed E-state index contributed by atoms with van der Waals surface area (Å²) in [5.74, 6) is 1.42. The second-order valence-electron chi connectivity index (χ2n) is 4.79. The maximum Gasteiger partial charge on any atom is 0.0683 e. The molecule has 2 aliphatic carbocycles. The van der Waals surface area contributed by atoms with Crippen LogP contribution < -0.4 is 0 Å². The highest BCUT2D eigenvalue weighted by Crippen LogP contribution is 2.55. The molecule has 2 aliphatic rings. The van der Waals surface area contributed by atoms with Crippen LogP contribution in [0, 0.1) is 11.8 Å². The van der Waals surface area contributed by atoms with Crippen molar-refractivity contribution in [3.8, 4) is 0 Å². The van der Waals surface area contributed by atoms with E-state index in [9.17, 15) is 5.11 Å². The molecule has 0 amide bonds. The molecule has 0 bridgehead atoms. The van der Waals surface area contributed by atoms with Gasteiger partial charge in [0.1, 0.15) is 0 Å². The van der Waals surface area contributed by atoms with E-state index in [4.69, 9.17) is 0 Å². The van der Waals surface area contributed by atoms with Gasteiger partial charge in [-0.15, -0.1) is 6.58 Å². The minimum Gasteiger partial charge on any atom is -0.390 e. The molecule has 0 aromatic heterocycles. The summed E-state index contributed by atoms with van der Waals surface area (Å²) in [6.07, 6.45) is 10.4. The Kier molecular flexibility index (Phi) is 2.46.